The molecule has 1 aliphatic heterocycles. The highest BCUT2D eigenvalue weighted by Crippen LogP contribution is 2.12. The summed E-state index contributed by atoms with van der Waals surface area (Å²) in [4.78, 5) is 7.71. The van der Waals surface area contributed by atoms with E-state index >= 15 is 0 Å². The fourth-order valence-corrected chi connectivity index (χ4v) is 3.77. The minimum Gasteiger partial charge on any atom is -0.354 e. The zero-order chi connectivity index (χ0) is 19.9. The fraction of sp³-hybridized carbons (Fsp3) is 0.611. The summed E-state index contributed by atoms with van der Waals surface area (Å²) in [5.41, 5.74) is 0. The summed E-state index contributed by atoms with van der Waals surface area (Å²) in [6.45, 7) is 4.20. The SMILES string of the molecule is Cc1nnc(CN=C(NCc2cccs2)NC2CCN(CC(F)F)CC2)n1C.I. The van der Waals surface area contributed by atoms with E-state index in [-0.39, 0.29) is 36.6 Å². The number of piperidine rings is 1. The number of nitrogens with one attached hydrogen (secondary N) is 2. The molecule has 1 fully saturated rings. The highest BCUT2D eigenvalue weighted by molar-refractivity contribution is 14.0. The number of aromatic nitrogens is 3. The first-order valence-corrected chi connectivity index (χ1v) is 10.3. The van der Waals surface area contributed by atoms with Crippen LogP contribution < -0.4 is 10.6 Å². The van der Waals surface area contributed by atoms with Crippen LogP contribution in [0.1, 0.15) is 29.4 Å². The molecule has 7 nitrogen and oxygen atoms in total. The number of aryl methyl sites for hydroxylation is 1. The minimum atomic E-state index is -2.27. The maximum absolute atomic E-state index is 12.6. The van der Waals surface area contributed by atoms with Gasteiger partial charge >= 0.3 is 0 Å². The van der Waals surface area contributed by atoms with Crippen LogP contribution in [-0.4, -0.2) is 57.7 Å². The van der Waals surface area contributed by atoms with Crippen LogP contribution in [0.25, 0.3) is 0 Å². The quantitative estimate of drug-likeness (QED) is 0.322. The van der Waals surface area contributed by atoms with E-state index in [0.717, 1.165) is 24.5 Å². The molecule has 162 valence electrons. The Hall–Kier alpha value is -1.34. The summed E-state index contributed by atoms with van der Waals surface area (Å²) < 4.78 is 27.0. The summed E-state index contributed by atoms with van der Waals surface area (Å²) in [5.74, 6) is 2.35. The fourth-order valence-electron chi connectivity index (χ4n) is 3.12. The van der Waals surface area contributed by atoms with Gasteiger partial charge in [-0.15, -0.1) is 45.5 Å². The number of guanidine groups is 1. The van der Waals surface area contributed by atoms with Crippen LogP contribution in [0.15, 0.2) is 22.5 Å². The Balaban J connectivity index is 0.00000300. The molecule has 0 amide bonds. The lowest BCUT2D eigenvalue weighted by Crippen LogP contribution is -2.49. The zero-order valence-electron chi connectivity index (χ0n) is 16.6. The predicted molar refractivity (Wildman–Crippen MR) is 122 cm³/mol. The van der Waals surface area contributed by atoms with Gasteiger partial charge in [-0.1, -0.05) is 6.07 Å². The van der Waals surface area contributed by atoms with Crippen molar-refractivity contribution < 1.29 is 8.78 Å². The molecule has 0 spiro atoms. The van der Waals surface area contributed by atoms with Crippen molar-refractivity contribution in [3.05, 3.63) is 34.0 Å². The highest BCUT2D eigenvalue weighted by atomic mass is 127. The summed E-state index contributed by atoms with van der Waals surface area (Å²) >= 11 is 1.69. The topological polar surface area (TPSA) is 70.4 Å². The standard InChI is InChI=1S/C18H27F2N7S.HI/c1-13-24-25-17(26(13)2)11-22-18(21-10-15-4-3-9-28-15)23-14-5-7-27(8-6-14)12-16(19)20;/h3-4,9,14,16H,5-8,10-12H2,1-2H3,(H2,21,22,23);1H. The molecule has 0 saturated carbocycles. The molecule has 2 N–H and O–H groups in total. The van der Waals surface area contributed by atoms with Gasteiger partial charge in [0.1, 0.15) is 12.4 Å². The molecule has 1 saturated heterocycles. The van der Waals surface area contributed by atoms with E-state index in [1.165, 1.54) is 4.88 Å². The lowest BCUT2D eigenvalue weighted by atomic mass is 10.1. The molecule has 0 aromatic carbocycles. The molecular formula is C18H28F2IN7S. The summed E-state index contributed by atoms with van der Waals surface area (Å²) in [6, 6.07) is 4.31. The molecule has 29 heavy (non-hydrogen) atoms. The van der Waals surface area contributed by atoms with E-state index in [4.69, 9.17) is 0 Å². The first-order chi connectivity index (χ1) is 13.5. The predicted octanol–water partition coefficient (Wildman–Crippen LogP) is 2.77. The minimum absolute atomic E-state index is 0. The van der Waals surface area contributed by atoms with Crippen LogP contribution >= 0.6 is 35.3 Å². The lowest BCUT2D eigenvalue weighted by Gasteiger charge is -2.32. The molecule has 0 bridgehead atoms. The van der Waals surface area contributed by atoms with Crippen molar-refractivity contribution in [1.29, 1.82) is 0 Å². The largest absolute Gasteiger partial charge is 0.354 e. The Bertz CT molecular complexity index is 758. The average Bonchev–Trinajstić information content (AvgIpc) is 3.30. The van der Waals surface area contributed by atoms with Crippen molar-refractivity contribution in [3.8, 4) is 0 Å². The Morgan fingerprint density at radius 1 is 1.34 bits per heavy atom. The second-order valence-electron chi connectivity index (χ2n) is 6.93. The number of thiophene rings is 1. The summed E-state index contributed by atoms with van der Waals surface area (Å²) in [7, 11) is 1.92. The monoisotopic (exact) mass is 539 g/mol. The molecule has 0 atom stereocenters. The average molecular weight is 539 g/mol. The van der Waals surface area contributed by atoms with Crippen LogP contribution in [0.2, 0.25) is 0 Å². The van der Waals surface area contributed by atoms with Crippen LogP contribution in [0.3, 0.4) is 0 Å². The van der Waals surface area contributed by atoms with Crippen LogP contribution in [0.4, 0.5) is 8.78 Å². The van der Waals surface area contributed by atoms with Gasteiger partial charge in [0.25, 0.3) is 6.43 Å². The number of hydrogen-bond donors (Lipinski definition) is 2. The maximum atomic E-state index is 12.6. The van der Waals surface area contributed by atoms with Crippen molar-refractivity contribution in [2.24, 2.45) is 12.0 Å². The van der Waals surface area contributed by atoms with Crippen LogP contribution in [0.5, 0.6) is 0 Å². The van der Waals surface area contributed by atoms with Gasteiger partial charge in [-0.25, -0.2) is 13.8 Å². The Labute approximate surface area is 191 Å². The van der Waals surface area contributed by atoms with Gasteiger partial charge in [0, 0.05) is 31.1 Å². The van der Waals surface area contributed by atoms with Crippen molar-refractivity contribution in [2.75, 3.05) is 19.6 Å². The maximum Gasteiger partial charge on any atom is 0.251 e. The summed E-state index contributed by atoms with van der Waals surface area (Å²) in [5, 5.41) is 17.1. The van der Waals surface area contributed by atoms with E-state index in [1.807, 2.05) is 34.9 Å². The Morgan fingerprint density at radius 2 is 2.10 bits per heavy atom. The number of hydrogen-bond acceptors (Lipinski definition) is 5. The van der Waals surface area contributed by atoms with E-state index < -0.39 is 6.43 Å². The van der Waals surface area contributed by atoms with E-state index in [2.05, 4.69) is 31.9 Å². The number of nitrogens with zero attached hydrogens (tertiary/aromatic N) is 5. The number of halogens is 3. The Kier molecular flexibility index (Phi) is 9.69. The molecule has 3 heterocycles. The molecule has 2 aromatic rings. The number of alkyl halides is 2. The normalized spacial score (nSPS) is 16.1. The first kappa shape index (κ1) is 23.9. The van der Waals surface area contributed by atoms with Crippen molar-refractivity contribution >= 4 is 41.3 Å². The molecule has 0 aliphatic carbocycles. The van der Waals surface area contributed by atoms with E-state index in [1.54, 1.807) is 11.3 Å². The number of likely N-dealkylation sites (tertiary alicyclic amines) is 1. The van der Waals surface area contributed by atoms with Gasteiger partial charge in [0.05, 0.1) is 13.1 Å². The molecule has 11 heteroatoms. The summed E-state index contributed by atoms with van der Waals surface area (Å²) in [6.07, 6.45) is -0.644. The Morgan fingerprint density at radius 3 is 2.69 bits per heavy atom. The lowest BCUT2D eigenvalue weighted by molar-refractivity contribution is 0.0744. The molecular weight excluding hydrogens is 511 g/mol. The molecule has 1 aliphatic rings. The number of rotatable bonds is 7. The van der Waals surface area contributed by atoms with Gasteiger partial charge < -0.3 is 15.2 Å². The van der Waals surface area contributed by atoms with Crippen molar-refractivity contribution in [2.45, 2.75) is 45.3 Å². The van der Waals surface area contributed by atoms with Gasteiger partial charge in [-0.3, -0.25) is 4.90 Å². The van der Waals surface area contributed by atoms with E-state index in [9.17, 15) is 8.78 Å². The first-order valence-electron chi connectivity index (χ1n) is 9.44. The molecule has 3 rings (SSSR count). The number of aliphatic imine (C=N–C) groups is 1. The highest BCUT2D eigenvalue weighted by Gasteiger charge is 2.22. The van der Waals surface area contributed by atoms with Gasteiger partial charge in [0.2, 0.25) is 0 Å². The van der Waals surface area contributed by atoms with Crippen LogP contribution in [0, 0.1) is 6.92 Å². The second kappa shape index (κ2) is 11.7. The molecule has 2 aromatic heterocycles. The second-order valence-corrected chi connectivity index (χ2v) is 7.96. The van der Waals surface area contributed by atoms with Gasteiger partial charge in [0.15, 0.2) is 11.8 Å². The van der Waals surface area contributed by atoms with Crippen LogP contribution in [-0.2, 0) is 20.1 Å². The zero-order valence-corrected chi connectivity index (χ0v) is 19.8. The van der Waals surface area contributed by atoms with E-state index in [0.29, 0.717) is 32.1 Å². The molecule has 0 radical (unpaired) electrons. The third kappa shape index (κ3) is 7.45. The molecule has 0 unspecified atom stereocenters. The van der Waals surface area contributed by atoms with Crippen molar-refractivity contribution in [1.82, 2.24) is 30.3 Å². The van der Waals surface area contributed by atoms with Crippen molar-refractivity contribution in [3.63, 3.8) is 0 Å². The van der Waals surface area contributed by atoms with Gasteiger partial charge in [-0.2, -0.15) is 0 Å². The third-order valence-electron chi connectivity index (χ3n) is 4.90. The van der Waals surface area contributed by atoms with Gasteiger partial charge in [-0.05, 0) is 31.2 Å². The smallest absolute Gasteiger partial charge is 0.251 e. The third-order valence-corrected chi connectivity index (χ3v) is 5.77.